The maximum Gasteiger partial charge on any atom is 0.0271 e. The molecule has 0 bridgehead atoms. The highest BCUT2D eigenvalue weighted by atomic mass is 32.1. The molecule has 0 aliphatic carbocycles. The highest BCUT2D eigenvalue weighted by Gasteiger charge is 1.99. The van der Waals surface area contributed by atoms with Gasteiger partial charge in [0.1, 0.15) is 0 Å². The largest absolute Gasteiger partial charge is 0.302 e. The van der Waals surface area contributed by atoms with Gasteiger partial charge in [-0.3, -0.25) is 4.98 Å². The molecule has 0 aliphatic heterocycles. The van der Waals surface area contributed by atoms with Crippen LogP contribution >= 0.6 is 12.6 Å². The first-order valence-corrected chi connectivity index (χ1v) is 8.14. The van der Waals surface area contributed by atoms with Gasteiger partial charge in [0, 0.05) is 18.9 Å². The summed E-state index contributed by atoms with van der Waals surface area (Å²) in [6.07, 6.45) is 13.2. The first-order valence-electron chi connectivity index (χ1n) is 7.51. The van der Waals surface area contributed by atoms with Crippen molar-refractivity contribution in [1.29, 1.82) is 0 Å². The number of hydrogen-bond acceptors (Lipinski definition) is 3. The third kappa shape index (κ3) is 9.06. The number of unbranched alkanes of at least 4 members (excludes halogenated alkanes) is 6. The molecule has 0 fully saturated rings. The Bertz CT molecular complexity index is 303. The molecule has 19 heavy (non-hydrogen) atoms. The van der Waals surface area contributed by atoms with Gasteiger partial charge >= 0.3 is 0 Å². The van der Waals surface area contributed by atoms with Crippen LogP contribution in [0.4, 0.5) is 0 Å². The van der Waals surface area contributed by atoms with Crippen LogP contribution in [0.3, 0.4) is 0 Å². The first kappa shape index (κ1) is 16.5. The van der Waals surface area contributed by atoms with Gasteiger partial charge in [0.15, 0.2) is 0 Å². The summed E-state index contributed by atoms with van der Waals surface area (Å²) in [4.78, 5) is 6.45. The van der Waals surface area contributed by atoms with E-state index in [2.05, 4.69) is 41.7 Å². The lowest BCUT2D eigenvalue weighted by molar-refractivity contribution is 0.316. The van der Waals surface area contributed by atoms with Gasteiger partial charge in [-0.2, -0.15) is 12.6 Å². The summed E-state index contributed by atoms with van der Waals surface area (Å²) in [6.45, 7) is 2.23. The molecule has 3 heteroatoms. The molecule has 1 aromatic rings. The zero-order chi connectivity index (χ0) is 13.8. The second-order valence-electron chi connectivity index (χ2n) is 5.29. The summed E-state index contributed by atoms with van der Waals surface area (Å²) >= 11 is 4.23. The van der Waals surface area contributed by atoms with Crippen LogP contribution in [-0.2, 0) is 6.54 Å². The molecule has 0 radical (unpaired) electrons. The van der Waals surface area contributed by atoms with Gasteiger partial charge in [0.05, 0.1) is 0 Å². The van der Waals surface area contributed by atoms with Crippen LogP contribution in [0, 0.1) is 0 Å². The van der Waals surface area contributed by atoms with Crippen LogP contribution in [0.15, 0.2) is 24.5 Å². The van der Waals surface area contributed by atoms with Gasteiger partial charge in [-0.1, -0.05) is 32.1 Å². The molecule has 1 heterocycles. The van der Waals surface area contributed by atoms with Gasteiger partial charge in [0.25, 0.3) is 0 Å². The second-order valence-corrected chi connectivity index (χ2v) is 5.74. The maximum absolute atomic E-state index is 4.23. The van der Waals surface area contributed by atoms with E-state index in [1.807, 2.05) is 12.4 Å². The van der Waals surface area contributed by atoms with Crippen molar-refractivity contribution < 1.29 is 0 Å². The van der Waals surface area contributed by atoms with E-state index in [1.54, 1.807) is 0 Å². The molecule has 0 amide bonds. The van der Waals surface area contributed by atoms with Crippen molar-refractivity contribution in [3.05, 3.63) is 30.1 Å². The van der Waals surface area contributed by atoms with E-state index in [0.717, 1.165) is 12.3 Å². The van der Waals surface area contributed by atoms with Gasteiger partial charge in [-0.05, 0) is 49.9 Å². The minimum Gasteiger partial charge on any atom is -0.302 e. The SMILES string of the molecule is CN(CCCCCCCCCS)Cc1ccncc1. The summed E-state index contributed by atoms with van der Waals surface area (Å²) in [5, 5.41) is 0. The van der Waals surface area contributed by atoms with E-state index >= 15 is 0 Å². The van der Waals surface area contributed by atoms with Crippen molar-refractivity contribution in [2.45, 2.75) is 51.5 Å². The predicted octanol–water partition coefficient (Wildman–Crippen LogP) is 4.17. The third-order valence-electron chi connectivity index (χ3n) is 3.40. The molecule has 0 unspecified atom stereocenters. The van der Waals surface area contributed by atoms with E-state index in [4.69, 9.17) is 0 Å². The van der Waals surface area contributed by atoms with Crippen molar-refractivity contribution in [2.24, 2.45) is 0 Å². The van der Waals surface area contributed by atoms with Crippen LogP contribution in [0.1, 0.15) is 50.5 Å². The summed E-state index contributed by atoms with van der Waals surface area (Å²) in [6, 6.07) is 4.19. The molecule has 2 nitrogen and oxygen atoms in total. The Labute approximate surface area is 124 Å². The second kappa shape index (κ2) is 11.3. The monoisotopic (exact) mass is 280 g/mol. The average molecular weight is 280 g/mol. The summed E-state index contributed by atoms with van der Waals surface area (Å²) in [5.74, 6) is 1.04. The van der Waals surface area contributed by atoms with Gasteiger partial charge in [0.2, 0.25) is 0 Å². The fourth-order valence-corrected chi connectivity index (χ4v) is 2.48. The Morgan fingerprint density at radius 1 is 0.947 bits per heavy atom. The molecule has 108 valence electrons. The molecule has 0 spiro atoms. The first-order chi connectivity index (χ1) is 9.33. The van der Waals surface area contributed by atoms with Crippen molar-refractivity contribution in [1.82, 2.24) is 9.88 Å². The van der Waals surface area contributed by atoms with E-state index in [9.17, 15) is 0 Å². The standard InChI is InChI=1S/C16H28N2S/c1-18(15-16-9-11-17-12-10-16)13-7-5-3-2-4-6-8-14-19/h9-12,19H,2-8,13-15H2,1H3. The molecule has 1 aromatic heterocycles. The van der Waals surface area contributed by atoms with Crippen molar-refractivity contribution in [3.8, 4) is 0 Å². The normalized spacial score (nSPS) is 11.1. The lowest BCUT2D eigenvalue weighted by Crippen LogP contribution is -2.19. The molecule has 0 saturated heterocycles. The Morgan fingerprint density at radius 3 is 2.16 bits per heavy atom. The van der Waals surface area contributed by atoms with Crippen LogP contribution in [-0.4, -0.2) is 29.2 Å². The minimum atomic E-state index is 1.03. The smallest absolute Gasteiger partial charge is 0.0271 e. The highest BCUT2D eigenvalue weighted by Crippen LogP contribution is 2.09. The van der Waals surface area contributed by atoms with Crippen molar-refractivity contribution in [3.63, 3.8) is 0 Å². The lowest BCUT2D eigenvalue weighted by Gasteiger charge is -2.16. The topological polar surface area (TPSA) is 16.1 Å². The van der Waals surface area contributed by atoms with Crippen LogP contribution in [0.5, 0.6) is 0 Å². The number of hydrogen-bond donors (Lipinski definition) is 1. The molecule has 0 saturated carbocycles. The number of thiol groups is 1. The number of pyridine rings is 1. The molecule has 0 atom stereocenters. The molecule has 0 aliphatic rings. The zero-order valence-corrected chi connectivity index (χ0v) is 13.1. The van der Waals surface area contributed by atoms with Crippen LogP contribution in [0.25, 0.3) is 0 Å². The minimum absolute atomic E-state index is 1.03. The van der Waals surface area contributed by atoms with E-state index in [-0.39, 0.29) is 0 Å². The molecule has 1 rings (SSSR count). The fraction of sp³-hybridized carbons (Fsp3) is 0.688. The summed E-state index contributed by atoms with van der Waals surface area (Å²) < 4.78 is 0. The molecular formula is C16H28N2S. The Morgan fingerprint density at radius 2 is 1.53 bits per heavy atom. The third-order valence-corrected chi connectivity index (χ3v) is 3.72. The number of aromatic nitrogens is 1. The van der Waals surface area contributed by atoms with Gasteiger partial charge < -0.3 is 4.90 Å². The van der Waals surface area contributed by atoms with Crippen LogP contribution < -0.4 is 0 Å². The average Bonchev–Trinajstić information content (AvgIpc) is 2.43. The Hall–Kier alpha value is -0.540. The van der Waals surface area contributed by atoms with E-state index < -0.39 is 0 Å². The zero-order valence-electron chi connectivity index (χ0n) is 12.2. The summed E-state index contributed by atoms with van der Waals surface area (Å²) in [5.41, 5.74) is 1.35. The Kier molecular flexibility index (Phi) is 9.82. The lowest BCUT2D eigenvalue weighted by atomic mass is 10.1. The van der Waals surface area contributed by atoms with Gasteiger partial charge in [-0.25, -0.2) is 0 Å². The highest BCUT2D eigenvalue weighted by molar-refractivity contribution is 7.80. The van der Waals surface area contributed by atoms with Gasteiger partial charge in [-0.15, -0.1) is 0 Å². The number of nitrogens with zero attached hydrogens (tertiary/aromatic N) is 2. The fourth-order valence-electron chi connectivity index (χ4n) is 2.26. The Balaban J connectivity index is 1.94. The molecular weight excluding hydrogens is 252 g/mol. The van der Waals surface area contributed by atoms with Crippen molar-refractivity contribution in [2.75, 3.05) is 19.3 Å². The molecule has 0 aromatic carbocycles. The number of rotatable bonds is 11. The van der Waals surface area contributed by atoms with Crippen molar-refractivity contribution >= 4 is 12.6 Å². The van der Waals surface area contributed by atoms with E-state index in [0.29, 0.717) is 0 Å². The van der Waals surface area contributed by atoms with E-state index in [1.165, 1.54) is 57.1 Å². The summed E-state index contributed by atoms with van der Waals surface area (Å²) in [7, 11) is 2.20. The predicted molar refractivity (Wildman–Crippen MR) is 86.7 cm³/mol. The van der Waals surface area contributed by atoms with Crippen LogP contribution in [0.2, 0.25) is 0 Å². The maximum atomic E-state index is 4.23. The molecule has 0 N–H and O–H groups in total. The quantitative estimate of drug-likeness (QED) is 0.483.